The van der Waals surface area contributed by atoms with Crippen molar-refractivity contribution in [3.63, 3.8) is 0 Å². The van der Waals surface area contributed by atoms with Gasteiger partial charge in [-0.3, -0.25) is 0 Å². The molecule has 5 heteroatoms. The lowest BCUT2D eigenvalue weighted by Crippen LogP contribution is -2.28. The first-order valence-corrected chi connectivity index (χ1v) is 6.72. The molecule has 0 saturated heterocycles. The molecular formula is C14H15F2NOS. The number of aryl methyl sites for hydroxylation is 1. The smallest absolute Gasteiger partial charge is 0.168 e. The Bertz CT molecular complexity index is 568. The zero-order chi connectivity index (χ0) is 14.0. The van der Waals surface area contributed by atoms with Crippen LogP contribution < -0.4 is 10.5 Å². The monoisotopic (exact) mass is 283 g/mol. The number of hydrogen-bond donors (Lipinski definition) is 1. The fourth-order valence-electron chi connectivity index (χ4n) is 1.74. The van der Waals surface area contributed by atoms with E-state index >= 15 is 0 Å². The summed E-state index contributed by atoms with van der Waals surface area (Å²) in [6.45, 7) is 3.77. The van der Waals surface area contributed by atoms with E-state index < -0.39 is 17.7 Å². The normalized spacial score (nSPS) is 14.2. The van der Waals surface area contributed by atoms with Crippen LogP contribution in [0.1, 0.15) is 22.8 Å². The van der Waals surface area contributed by atoms with Gasteiger partial charge < -0.3 is 10.5 Å². The molecule has 0 spiro atoms. The molecule has 2 rings (SSSR count). The van der Waals surface area contributed by atoms with Gasteiger partial charge in [-0.05, 0) is 38.1 Å². The molecule has 0 aliphatic heterocycles. The average Bonchev–Trinajstić information content (AvgIpc) is 2.74. The van der Waals surface area contributed by atoms with E-state index in [0.29, 0.717) is 0 Å². The third-order valence-corrected chi connectivity index (χ3v) is 3.73. The van der Waals surface area contributed by atoms with Crippen LogP contribution in [0.5, 0.6) is 5.75 Å². The third-order valence-electron chi connectivity index (χ3n) is 2.67. The highest BCUT2D eigenvalue weighted by Crippen LogP contribution is 2.30. The van der Waals surface area contributed by atoms with Crippen LogP contribution in [0.4, 0.5) is 8.78 Å². The molecule has 2 atom stereocenters. The van der Waals surface area contributed by atoms with Crippen molar-refractivity contribution in [1.29, 1.82) is 0 Å². The zero-order valence-electron chi connectivity index (χ0n) is 10.7. The Morgan fingerprint density at radius 2 is 1.95 bits per heavy atom. The van der Waals surface area contributed by atoms with Crippen LogP contribution in [-0.2, 0) is 0 Å². The largest absolute Gasteiger partial charge is 0.480 e. The topological polar surface area (TPSA) is 35.2 Å². The molecule has 0 amide bonds. The Morgan fingerprint density at radius 3 is 2.47 bits per heavy atom. The first kappa shape index (κ1) is 14.0. The molecule has 2 aromatic rings. The Balaban J connectivity index is 2.26. The number of thiophene rings is 1. The molecule has 19 heavy (non-hydrogen) atoms. The quantitative estimate of drug-likeness (QED) is 0.926. The molecule has 0 radical (unpaired) electrons. The average molecular weight is 283 g/mol. The van der Waals surface area contributed by atoms with E-state index in [9.17, 15) is 8.78 Å². The molecule has 0 saturated carbocycles. The zero-order valence-corrected chi connectivity index (χ0v) is 11.5. The van der Waals surface area contributed by atoms with Crippen molar-refractivity contribution >= 4 is 11.3 Å². The van der Waals surface area contributed by atoms with Gasteiger partial charge in [0.25, 0.3) is 0 Å². The predicted molar refractivity (Wildman–Crippen MR) is 72.4 cm³/mol. The number of hydrogen-bond acceptors (Lipinski definition) is 3. The first-order chi connectivity index (χ1) is 8.97. The lowest BCUT2D eigenvalue weighted by Gasteiger charge is -2.21. The van der Waals surface area contributed by atoms with Gasteiger partial charge in [-0.1, -0.05) is 0 Å². The minimum atomic E-state index is -0.723. The highest BCUT2D eigenvalue weighted by molar-refractivity contribution is 7.12. The number of rotatable bonds is 4. The van der Waals surface area contributed by atoms with E-state index in [-0.39, 0.29) is 11.8 Å². The van der Waals surface area contributed by atoms with Crippen LogP contribution >= 0.6 is 11.3 Å². The summed E-state index contributed by atoms with van der Waals surface area (Å²) in [5.74, 6) is -1.34. The fraction of sp³-hybridized carbons (Fsp3) is 0.286. The van der Waals surface area contributed by atoms with Crippen LogP contribution in [0.25, 0.3) is 0 Å². The van der Waals surface area contributed by atoms with Gasteiger partial charge in [-0.2, -0.15) is 0 Å². The lowest BCUT2D eigenvalue weighted by atomic mass is 10.1. The second-order valence-corrected chi connectivity index (χ2v) is 5.74. The molecule has 102 valence electrons. The van der Waals surface area contributed by atoms with E-state index in [1.807, 2.05) is 19.1 Å². The first-order valence-electron chi connectivity index (χ1n) is 5.91. The molecule has 0 bridgehead atoms. The molecule has 1 aromatic carbocycles. The van der Waals surface area contributed by atoms with Gasteiger partial charge in [0, 0.05) is 21.9 Å². The molecule has 2 N–H and O–H groups in total. The Labute approximate surface area is 114 Å². The van der Waals surface area contributed by atoms with Crippen LogP contribution in [0.2, 0.25) is 0 Å². The van der Waals surface area contributed by atoms with Crippen molar-refractivity contribution in [3.8, 4) is 5.75 Å². The molecule has 2 nitrogen and oxygen atoms in total. The Kier molecular flexibility index (Phi) is 4.17. The number of benzene rings is 1. The second kappa shape index (κ2) is 5.67. The van der Waals surface area contributed by atoms with Gasteiger partial charge in [0.1, 0.15) is 11.9 Å². The van der Waals surface area contributed by atoms with Crippen LogP contribution in [-0.4, -0.2) is 6.04 Å². The summed E-state index contributed by atoms with van der Waals surface area (Å²) in [6, 6.07) is 6.81. The molecule has 2 unspecified atom stereocenters. The van der Waals surface area contributed by atoms with Crippen molar-refractivity contribution in [3.05, 3.63) is 51.7 Å². The summed E-state index contributed by atoms with van der Waals surface area (Å²) < 4.78 is 32.0. The van der Waals surface area contributed by atoms with E-state index in [1.54, 1.807) is 18.3 Å². The molecule has 0 fully saturated rings. The van der Waals surface area contributed by atoms with Gasteiger partial charge in [-0.15, -0.1) is 11.3 Å². The highest BCUT2D eigenvalue weighted by Gasteiger charge is 2.21. The number of halogens is 2. The van der Waals surface area contributed by atoms with E-state index in [1.165, 1.54) is 6.07 Å². The fourth-order valence-corrected chi connectivity index (χ4v) is 2.76. The van der Waals surface area contributed by atoms with Crippen molar-refractivity contribution in [1.82, 2.24) is 0 Å². The maximum absolute atomic E-state index is 13.6. The lowest BCUT2D eigenvalue weighted by molar-refractivity contribution is 0.176. The highest BCUT2D eigenvalue weighted by atomic mass is 32.1. The number of nitrogens with two attached hydrogens (primary N) is 1. The minimum absolute atomic E-state index is 0.00903. The van der Waals surface area contributed by atoms with E-state index in [4.69, 9.17) is 10.5 Å². The van der Waals surface area contributed by atoms with Crippen LogP contribution in [0, 0.1) is 18.6 Å². The maximum atomic E-state index is 13.6. The van der Waals surface area contributed by atoms with E-state index in [0.717, 1.165) is 21.9 Å². The van der Waals surface area contributed by atoms with Gasteiger partial charge in [0.05, 0.1) is 0 Å². The summed E-state index contributed by atoms with van der Waals surface area (Å²) in [5.41, 5.74) is 5.89. The van der Waals surface area contributed by atoms with Crippen LogP contribution in [0.3, 0.4) is 0 Å². The van der Waals surface area contributed by atoms with Crippen molar-refractivity contribution in [2.75, 3.05) is 0 Å². The molecular weight excluding hydrogens is 268 g/mol. The molecule has 1 aromatic heterocycles. The standard InChI is InChI=1S/C14H15F2NOS/c1-8-3-6-13(19-8)14(9(2)17)18-12-5-4-10(15)7-11(12)16/h3-7,9,14H,17H2,1-2H3. The third kappa shape index (κ3) is 3.30. The SMILES string of the molecule is Cc1ccc(C(Oc2ccc(F)cc2F)C(C)N)s1. The van der Waals surface area contributed by atoms with Gasteiger partial charge in [0.15, 0.2) is 11.6 Å². The molecule has 0 aliphatic rings. The van der Waals surface area contributed by atoms with Crippen molar-refractivity contribution in [2.24, 2.45) is 5.73 Å². The maximum Gasteiger partial charge on any atom is 0.168 e. The summed E-state index contributed by atoms with van der Waals surface area (Å²) in [6.07, 6.45) is -0.446. The summed E-state index contributed by atoms with van der Waals surface area (Å²) in [5, 5.41) is 0. The Hall–Kier alpha value is -1.46. The second-order valence-electron chi connectivity index (χ2n) is 4.42. The summed E-state index contributed by atoms with van der Waals surface area (Å²) in [7, 11) is 0. The summed E-state index contributed by atoms with van der Waals surface area (Å²) >= 11 is 1.55. The van der Waals surface area contributed by atoms with Crippen molar-refractivity contribution in [2.45, 2.75) is 26.0 Å². The molecule has 0 aliphatic carbocycles. The Morgan fingerprint density at radius 1 is 1.21 bits per heavy atom. The van der Waals surface area contributed by atoms with E-state index in [2.05, 4.69) is 0 Å². The van der Waals surface area contributed by atoms with Gasteiger partial charge >= 0.3 is 0 Å². The minimum Gasteiger partial charge on any atom is -0.480 e. The number of ether oxygens (including phenoxy) is 1. The van der Waals surface area contributed by atoms with Gasteiger partial charge in [0.2, 0.25) is 0 Å². The summed E-state index contributed by atoms with van der Waals surface area (Å²) in [4.78, 5) is 2.06. The van der Waals surface area contributed by atoms with Crippen molar-refractivity contribution < 1.29 is 13.5 Å². The molecule has 1 heterocycles. The predicted octanol–water partition coefficient (Wildman–Crippen LogP) is 3.80. The van der Waals surface area contributed by atoms with Crippen LogP contribution in [0.15, 0.2) is 30.3 Å². The van der Waals surface area contributed by atoms with Gasteiger partial charge in [-0.25, -0.2) is 8.78 Å².